The molecule has 0 spiro atoms. The van der Waals surface area contributed by atoms with E-state index >= 15 is 0 Å². The van der Waals surface area contributed by atoms with Crippen molar-refractivity contribution in [1.29, 1.82) is 0 Å². The summed E-state index contributed by atoms with van der Waals surface area (Å²) in [5.74, 6) is 0. The van der Waals surface area contributed by atoms with Gasteiger partial charge in [-0.15, -0.1) is 0 Å². The molecule has 17 heavy (non-hydrogen) atoms. The van der Waals surface area contributed by atoms with Crippen molar-refractivity contribution in [2.45, 2.75) is 6.61 Å². The number of nitrogens with zero attached hydrogens (tertiary/aromatic N) is 3. The number of aromatic nitrogens is 3. The third-order valence-corrected chi connectivity index (χ3v) is 2.68. The van der Waals surface area contributed by atoms with Crippen molar-refractivity contribution < 1.29 is 5.11 Å². The lowest BCUT2D eigenvalue weighted by atomic mass is 10.2. The Morgan fingerprint density at radius 3 is 2.76 bits per heavy atom. The van der Waals surface area contributed by atoms with E-state index in [-0.39, 0.29) is 6.61 Å². The van der Waals surface area contributed by atoms with Crippen molar-refractivity contribution in [1.82, 2.24) is 14.4 Å². The summed E-state index contributed by atoms with van der Waals surface area (Å²) in [7, 11) is 0. The van der Waals surface area contributed by atoms with E-state index in [9.17, 15) is 0 Å². The van der Waals surface area contributed by atoms with Crippen molar-refractivity contribution in [3.63, 3.8) is 0 Å². The fourth-order valence-electron chi connectivity index (χ4n) is 1.78. The lowest BCUT2D eigenvalue weighted by molar-refractivity contribution is 0.282. The summed E-state index contributed by atoms with van der Waals surface area (Å²) in [6, 6.07) is 7.61. The molecule has 0 aliphatic heterocycles. The molecule has 4 heteroatoms. The van der Waals surface area contributed by atoms with Gasteiger partial charge in [0.05, 0.1) is 12.3 Å². The molecule has 0 aromatic carbocycles. The zero-order valence-electron chi connectivity index (χ0n) is 9.11. The highest BCUT2D eigenvalue weighted by Crippen LogP contribution is 2.18. The Kier molecular flexibility index (Phi) is 2.34. The second kappa shape index (κ2) is 3.99. The maximum Gasteiger partial charge on any atom is 0.137 e. The first kappa shape index (κ1) is 9.99. The standard InChI is InChI=1S/C13H11N3O/c17-9-10-3-6-16-8-12(15-13(16)7-10)11-1-4-14-5-2-11/h1-8,17H,9H2. The molecule has 0 aliphatic carbocycles. The van der Waals surface area contributed by atoms with Gasteiger partial charge >= 0.3 is 0 Å². The fourth-order valence-corrected chi connectivity index (χ4v) is 1.78. The van der Waals surface area contributed by atoms with Crippen molar-refractivity contribution >= 4 is 5.65 Å². The molecule has 0 unspecified atom stereocenters. The minimum absolute atomic E-state index is 0.0357. The highest BCUT2D eigenvalue weighted by Gasteiger charge is 2.04. The topological polar surface area (TPSA) is 50.4 Å². The van der Waals surface area contributed by atoms with Crippen LogP contribution in [0.25, 0.3) is 16.9 Å². The second-order valence-electron chi connectivity index (χ2n) is 3.82. The zero-order chi connectivity index (χ0) is 11.7. The lowest BCUT2D eigenvalue weighted by Crippen LogP contribution is -1.87. The summed E-state index contributed by atoms with van der Waals surface area (Å²) >= 11 is 0. The van der Waals surface area contributed by atoms with E-state index in [1.807, 2.05) is 41.1 Å². The molecule has 3 heterocycles. The van der Waals surface area contributed by atoms with Gasteiger partial charge in [-0.1, -0.05) is 0 Å². The Morgan fingerprint density at radius 1 is 1.18 bits per heavy atom. The van der Waals surface area contributed by atoms with Gasteiger partial charge < -0.3 is 9.51 Å². The molecule has 0 saturated heterocycles. The average Bonchev–Trinajstić information content (AvgIpc) is 2.82. The highest BCUT2D eigenvalue weighted by atomic mass is 16.3. The zero-order valence-corrected chi connectivity index (χ0v) is 9.11. The molecular weight excluding hydrogens is 214 g/mol. The van der Waals surface area contributed by atoms with E-state index in [4.69, 9.17) is 5.11 Å². The normalized spacial score (nSPS) is 10.9. The Labute approximate surface area is 98.2 Å². The van der Waals surface area contributed by atoms with Gasteiger partial charge in [-0.25, -0.2) is 4.98 Å². The van der Waals surface area contributed by atoms with Crippen LogP contribution in [0, 0.1) is 0 Å². The van der Waals surface area contributed by atoms with E-state index in [0.717, 1.165) is 22.5 Å². The van der Waals surface area contributed by atoms with Crippen LogP contribution in [-0.4, -0.2) is 19.5 Å². The van der Waals surface area contributed by atoms with E-state index in [1.165, 1.54) is 0 Å². The minimum atomic E-state index is 0.0357. The summed E-state index contributed by atoms with van der Waals surface area (Å²) in [6.45, 7) is 0.0357. The molecule has 4 nitrogen and oxygen atoms in total. The molecule has 0 fully saturated rings. The number of hydrogen-bond donors (Lipinski definition) is 1. The number of pyridine rings is 2. The summed E-state index contributed by atoms with van der Waals surface area (Å²) < 4.78 is 1.94. The van der Waals surface area contributed by atoms with Crippen LogP contribution in [-0.2, 0) is 6.61 Å². The molecule has 0 radical (unpaired) electrons. The van der Waals surface area contributed by atoms with Gasteiger partial charge in [0, 0.05) is 30.4 Å². The van der Waals surface area contributed by atoms with Crippen molar-refractivity contribution in [3.05, 3.63) is 54.6 Å². The molecule has 3 aromatic heterocycles. The lowest BCUT2D eigenvalue weighted by Gasteiger charge is -1.95. The van der Waals surface area contributed by atoms with Crippen LogP contribution in [0.2, 0.25) is 0 Å². The summed E-state index contributed by atoms with van der Waals surface area (Å²) in [4.78, 5) is 8.50. The van der Waals surface area contributed by atoms with E-state index in [0.29, 0.717) is 0 Å². The van der Waals surface area contributed by atoms with Crippen LogP contribution in [0.5, 0.6) is 0 Å². The minimum Gasteiger partial charge on any atom is -0.392 e. The van der Waals surface area contributed by atoms with Gasteiger partial charge in [-0.3, -0.25) is 4.98 Å². The molecule has 0 amide bonds. The number of rotatable bonds is 2. The number of aliphatic hydroxyl groups is 1. The third-order valence-electron chi connectivity index (χ3n) is 2.68. The molecule has 0 bridgehead atoms. The third kappa shape index (κ3) is 1.79. The van der Waals surface area contributed by atoms with Crippen molar-refractivity contribution in [2.75, 3.05) is 0 Å². The van der Waals surface area contributed by atoms with E-state index in [1.54, 1.807) is 12.4 Å². The van der Waals surface area contributed by atoms with Gasteiger partial charge in [0.1, 0.15) is 5.65 Å². The predicted molar refractivity (Wildman–Crippen MR) is 64.3 cm³/mol. The van der Waals surface area contributed by atoms with Crippen LogP contribution in [0.4, 0.5) is 0 Å². The molecule has 1 N–H and O–H groups in total. The van der Waals surface area contributed by atoms with Gasteiger partial charge in [-0.05, 0) is 29.8 Å². The Hall–Kier alpha value is -2.20. The van der Waals surface area contributed by atoms with Crippen LogP contribution in [0.3, 0.4) is 0 Å². The summed E-state index contributed by atoms with van der Waals surface area (Å²) in [6.07, 6.45) is 7.36. The van der Waals surface area contributed by atoms with Crippen molar-refractivity contribution in [3.8, 4) is 11.3 Å². The number of aliphatic hydroxyl groups excluding tert-OH is 1. The molecule has 0 atom stereocenters. The second-order valence-corrected chi connectivity index (χ2v) is 3.82. The fraction of sp³-hybridized carbons (Fsp3) is 0.0769. The number of fused-ring (bicyclic) bond motifs is 1. The van der Waals surface area contributed by atoms with Gasteiger partial charge in [0.25, 0.3) is 0 Å². The molecule has 0 aliphatic rings. The first-order valence-corrected chi connectivity index (χ1v) is 5.36. The van der Waals surface area contributed by atoms with Crippen LogP contribution in [0.15, 0.2) is 49.1 Å². The van der Waals surface area contributed by atoms with E-state index < -0.39 is 0 Å². The number of hydrogen-bond acceptors (Lipinski definition) is 3. The first-order valence-electron chi connectivity index (χ1n) is 5.36. The van der Waals surface area contributed by atoms with E-state index in [2.05, 4.69) is 9.97 Å². The van der Waals surface area contributed by atoms with Crippen LogP contribution >= 0.6 is 0 Å². The number of imidazole rings is 1. The van der Waals surface area contributed by atoms with Gasteiger partial charge in [0.2, 0.25) is 0 Å². The summed E-state index contributed by atoms with van der Waals surface area (Å²) in [5.41, 5.74) is 3.64. The Morgan fingerprint density at radius 2 is 2.00 bits per heavy atom. The van der Waals surface area contributed by atoms with Crippen molar-refractivity contribution in [2.24, 2.45) is 0 Å². The maximum atomic E-state index is 9.08. The maximum absolute atomic E-state index is 9.08. The highest BCUT2D eigenvalue weighted by molar-refractivity contribution is 5.62. The molecular formula is C13H11N3O. The summed E-state index contributed by atoms with van der Waals surface area (Å²) in [5, 5.41) is 9.08. The first-order chi connectivity index (χ1) is 8.36. The van der Waals surface area contributed by atoms with Gasteiger partial charge in [-0.2, -0.15) is 0 Å². The molecule has 3 aromatic rings. The largest absolute Gasteiger partial charge is 0.392 e. The predicted octanol–water partition coefficient (Wildman–Crippen LogP) is 1.89. The quantitative estimate of drug-likeness (QED) is 0.724. The molecule has 3 rings (SSSR count). The SMILES string of the molecule is OCc1ccn2cc(-c3ccncc3)nc2c1. The smallest absolute Gasteiger partial charge is 0.137 e. The molecule has 84 valence electrons. The molecule has 0 saturated carbocycles. The average molecular weight is 225 g/mol. The Balaban J connectivity index is 2.14. The van der Waals surface area contributed by atoms with Crippen LogP contribution < -0.4 is 0 Å². The monoisotopic (exact) mass is 225 g/mol. The Bertz CT molecular complexity index is 646. The van der Waals surface area contributed by atoms with Gasteiger partial charge in [0.15, 0.2) is 0 Å². The van der Waals surface area contributed by atoms with Crippen LogP contribution in [0.1, 0.15) is 5.56 Å².